The van der Waals surface area contributed by atoms with Gasteiger partial charge in [0.05, 0.1) is 24.9 Å². The van der Waals surface area contributed by atoms with Gasteiger partial charge in [-0.2, -0.15) is 5.10 Å². The molecule has 2 heterocycles. The van der Waals surface area contributed by atoms with E-state index in [1.807, 2.05) is 40.8 Å². The monoisotopic (exact) mass is 356 g/mol. The Morgan fingerprint density at radius 2 is 1.92 bits per heavy atom. The van der Waals surface area contributed by atoms with Crippen molar-refractivity contribution >= 4 is 11.6 Å². The van der Waals surface area contributed by atoms with Gasteiger partial charge in [-0.3, -0.25) is 14.4 Å². The number of rotatable bonds is 5. The average molecular weight is 356 g/mol. The predicted octanol–water partition coefficient (Wildman–Crippen LogP) is 2.85. The van der Waals surface area contributed by atoms with E-state index in [9.17, 15) is 4.79 Å². The number of anilines is 1. The number of amides is 1. The maximum absolute atomic E-state index is 12.9. The molecule has 1 fully saturated rings. The summed E-state index contributed by atoms with van der Waals surface area (Å²) in [5, 5.41) is 4.51. The summed E-state index contributed by atoms with van der Waals surface area (Å²) in [7, 11) is 1.64. The van der Waals surface area contributed by atoms with Crippen molar-refractivity contribution < 1.29 is 9.53 Å². The maximum Gasteiger partial charge on any atom is 0.241 e. The van der Waals surface area contributed by atoms with E-state index in [2.05, 4.69) is 37.0 Å². The molecule has 0 saturated carbocycles. The summed E-state index contributed by atoms with van der Waals surface area (Å²) in [5.41, 5.74) is 2.84. The molecule has 0 N–H and O–H groups in total. The zero-order valence-electron chi connectivity index (χ0n) is 16.3. The zero-order chi connectivity index (χ0) is 18.9. The van der Waals surface area contributed by atoms with Gasteiger partial charge in [-0.15, -0.1) is 0 Å². The second kappa shape index (κ2) is 7.11. The Labute approximate surface area is 155 Å². The first-order chi connectivity index (χ1) is 12.3. The van der Waals surface area contributed by atoms with Gasteiger partial charge in [0.25, 0.3) is 0 Å². The lowest BCUT2D eigenvalue weighted by Crippen LogP contribution is -2.62. The van der Waals surface area contributed by atoms with E-state index in [-0.39, 0.29) is 11.4 Å². The van der Waals surface area contributed by atoms with Gasteiger partial charge in [0.2, 0.25) is 5.91 Å². The lowest BCUT2D eigenvalue weighted by atomic mass is 9.96. The smallest absolute Gasteiger partial charge is 0.241 e. The molecule has 1 amide bonds. The van der Waals surface area contributed by atoms with Crippen LogP contribution in [0.5, 0.6) is 5.75 Å². The largest absolute Gasteiger partial charge is 0.497 e. The zero-order valence-corrected chi connectivity index (χ0v) is 16.3. The topological polar surface area (TPSA) is 50.6 Å². The molecule has 140 valence electrons. The number of aryl methyl sites for hydroxylation is 2. The highest BCUT2D eigenvalue weighted by molar-refractivity contribution is 5.97. The van der Waals surface area contributed by atoms with Gasteiger partial charge < -0.3 is 9.64 Å². The Morgan fingerprint density at radius 3 is 2.46 bits per heavy atom. The van der Waals surface area contributed by atoms with Crippen LogP contribution in [-0.2, 0) is 17.9 Å². The van der Waals surface area contributed by atoms with Crippen LogP contribution in [-0.4, -0.2) is 46.3 Å². The lowest BCUT2D eigenvalue weighted by molar-refractivity contribution is -0.123. The molecule has 1 aromatic carbocycles. The average Bonchev–Trinajstić information content (AvgIpc) is 2.94. The van der Waals surface area contributed by atoms with Crippen molar-refractivity contribution in [1.82, 2.24) is 14.7 Å². The Hall–Kier alpha value is -2.34. The first kappa shape index (κ1) is 18.5. The summed E-state index contributed by atoms with van der Waals surface area (Å²) < 4.78 is 7.17. The van der Waals surface area contributed by atoms with E-state index in [0.717, 1.165) is 36.8 Å². The molecule has 26 heavy (non-hydrogen) atoms. The number of nitrogens with zero attached hydrogens (tertiary/aromatic N) is 4. The molecule has 0 aliphatic carbocycles. The fraction of sp³-hybridized carbons (Fsp3) is 0.500. The molecule has 1 aliphatic rings. The highest BCUT2D eigenvalue weighted by atomic mass is 16.5. The molecule has 3 rings (SSSR count). The van der Waals surface area contributed by atoms with Crippen LogP contribution in [0, 0.1) is 6.92 Å². The molecular formula is C20H28N4O2. The fourth-order valence-corrected chi connectivity index (χ4v) is 3.73. The molecule has 0 radical (unpaired) electrons. The number of hydrogen-bond donors (Lipinski definition) is 0. The molecule has 0 atom stereocenters. The molecule has 6 heteroatoms. The summed E-state index contributed by atoms with van der Waals surface area (Å²) in [5.74, 6) is 0.910. The van der Waals surface area contributed by atoms with Crippen molar-refractivity contribution in [1.29, 1.82) is 0 Å². The number of piperazine rings is 1. The number of carbonyl (C=O) groups is 1. The Morgan fingerprint density at radius 1 is 1.23 bits per heavy atom. The van der Waals surface area contributed by atoms with Gasteiger partial charge >= 0.3 is 0 Å². The van der Waals surface area contributed by atoms with Crippen LogP contribution in [0.15, 0.2) is 30.5 Å². The molecule has 0 unspecified atom stereocenters. The number of hydrogen-bond acceptors (Lipinski definition) is 4. The number of carbonyl (C=O) groups excluding carboxylic acids is 1. The van der Waals surface area contributed by atoms with Crippen LogP contribution in [0.25, 0.3) is 0 Å². The minimum absolute atomic E-state index is 0.118. The molecule has 0 bridgehead atoms. The summed E-state index contributed by atoms with van der Waals surface area (Å²) in [4.78, 5) is 17.1. The third-order valence-electron chi connectivity index (χ3n) is 4.92. The van der Waals surface area contributed by atoms with Crippen LogP contribution in [0.4, 0.5) is 5.69 Å². The highest BCUT2D eigenvalue weighted by Gasteiger charge is 2.39. The normalized spacial score (nSPS) is 17.6. The molecule has 6 nitrogen and oxygen atoms in total. The van der Waals surface area contributed by atoms with Gasteiger partial charge in [0.15, 0.2) is 0 Å². The third kappa shape index (κ3) is 3.60. The van der Waals surface area contributed by atoms with Crippen molar-refractivity contribution in [3.05, 3.63) is 41.7 Å². The van der Waals surface area contributed by atoms with Crippen molar-refractivity contribution in [2.45, 2.75) is 46.3 Å². The number of methoxy groups -OCH3 is 1. The number of ether oxygens (including phenoxy) is 1. The first-order valence-electron chi connectivity index (χ1n) is 9.06. The minimum atomic E-state index is -0.293. The van der Waals surface area contributed by atoms with Crippen molar-refractivity contribution in [2.75, 3.05) is 25.1 Å². The predicted molar refractivity (Wildman–Crippen MR) is 102 cm³/mol. The first-order valence-corrected chi connectivity index (χ1v) is 9.06. The molecule has 2 aromatic rings. The summed E-state index contributed by atoms with van der Waals surface area (Å²) in [6, 6.07) is 7.69. The van der Waals surface area contributed by atoms with Crippen LogP contribution in [0.2, 0.25) is 0 Å². The van der Waals surface area contributed by atoms with E-state index < -0.39 is 0 Å². The van der Waals surface area contributed by atoms with Gasteiger partial charge in [-0.1, -0.05) is 0 Å². The molecule has 1 saturated heterocycles. The van der Waals surface area contributed by atoms with Gasteiger partial charge in [0, 0.05) is 37.1 Å². The number of benzene rings is 1. The second-order valence-corrected chi connectivity index (χ2v) is 7.48. The quantitative estimate of drug-likeness (QED) is 0.827. The standard InChI is InChI=1S/C20H28N4O2/c1-6-23-12-16(15(2)21-23)11-22-13-19(25)24(20(3,4)14-22)17-7-9-18(26-5)10-8-17/h7-10,12H,6,11,13-14H2,1-5H3. The van der Waals surface area contributed by atoms with Gasteiger partial charge in [0.1, 0.15) is 5.75 Å². The van der Waals surface area contributed by atoms with E-state index in [1.165, 1.54) is 5.56 Å². The van der Waals surface area contributed by atoms with Crippen LogP contribution >= 0.6 is 0 Å². The third-order valence-corrected chi connectivity index (χ3v) is 4.92. The SMILES string of the molecule is CCn1cc(CN2CC(=O)N(c3ccc(OC)cc3)C(C)(C)C2)c(C)n1. The highest BCUT2D eigenvalue weighted by Crippen LogP contribution is 2.30. The van der Waals surface area contributed by atoms with Crippen molar-refractivity contribution in [3.63, 3.8) is 0 Å². The molecule has 1 aliphatic heterocycles. The van der Waals surface area contributed by atoms with Crippen LogP contribution in [0.3, 0.4) is 0 Å². The van der Waals surface area contributed by atoms with Gasteiger partial charge in [-0.25, -0.2) is 0 Å². The van der Waals surface area contributed by atoms with Crippen LogP contribution in [0.1, 0.15) is 32.0 Å². The Kier molecular flexibility index (Phi) is 5.05. The number of aromatic nitrogens is 2. The van der Waals surface area contributed by atoms with E-state index in [4.69, 9.17) is 4.74 Å². The van der Waals surface area contributed by atoms with Crippen molar-refractivity contribution in [3.8, 4) is 5.75 Å². The Balaban J connectivity index is 1.77. The Bertz CT molecular complexity index is 780. The molecule has 1 aromatic heterocycles. The van der Waals surface area contributed by atoms with Gasteiger partial charge in [-0.05, 0) is 52.0 Å². The van der Waals surface area contributed by atoms with E-state index in [0.29, 0.717) is 6.54 Å². The minimum Gasteiger partial charge on any atom is -0.497 e. The van der Waals surface area contributed by atoms with Crippen LogP contribution < -0.4 is 9.64 Å². The molecular weight excluding hydrogens is 328 g/mol. The lowest BCUT2D eigenvalue weighted by Gasteiger charge is -2.46. The van der Waals surface area contributed by atoms with Crippen molar-refractivity contribution in [2.24, 2.45) is 0 Å². The molecule has 0 spiro atoms. The second-order valence-electron chi connectivity index (χ2n) is 7.48. The summed E-state index contributed by atoms with van der Waals surface area (Å²) >= 11 is 0. The summed E-state index contributed by atoms with van der Waals surface area (Å²) in [6.07, 6.45) is 2.09. The summed E-state index contributed by atoms with van der Waals surface area (Å²) in [6.45, 7) is 11.2. The van der Waals surface area contributed by atoms with E-state index >= 15 is 0 Å². The van der Waals surface area contributed by atoms with E-state index in [1.54, 1.807) is 7.11 Å². The fourth-order valence-electron chi connectivity index (χ4n) is 3.73. The maximum atomic E-state index is 12.9.